The highest BCUT2D eigenvalue weighted by molar-refractivity contribution is 7.71. The predicted octanol–water partition coefficient (Wildman–Crippen LogP) is 3.29. The van der Waals surface area contributed by atoms with Crippen molar-refractivity contribution in [2.24, 2.45) is 10.9 Å². The first kappa shape index (κ1) is 16.9. The molecule has 3 N–H and O–H groups in total. The van der Waals surface area contributed by atoms with Crippen LogP contribution in [0, 0.1) is 5.92 Å². The van der Waals surface area contributed by atoms with E-state index in [1.807, 2.05) is 12.1 Å². The first-order valence-corrected chi connectivity index (χ1v) is 9.56. The quantitative estimate of drug-likeness (QED) is 0.405. The van der Waals surface area contributed by atoms with Crippen LogP contribution in [0.15, 0.2) is 41.8 Å². The lowest BCUT2D eigenvalue weighted by Crippen LogP contribution is -2.26. The normalized spacial score (nSPS) is 17.5. The van der Waals surface area contributed by atoms with E-state index in [2.05, 4.69) is 20.3 Å². The van der Waals surface area contributed by atoms with Gasteiger partial charge in [0.2, 0.25) is 5.58 Å². The zero-order valence-electron chi connectivity index (χ0n) is 13.5. The molecule has 3 rings (SSSR count). The third kappa shape index (κ3) is 4.32. The van der Waals surface area contributed by atoms with Gasteiger partial charge in [0.05, 0.1) is 24.3 Å². The van der Waals surface area contributed by atoms with E-state index in [1.54, 1.807) is 31.6 Å². The fraction of sp³-hybridized carbons (Fsp3) is 0.375. The molecular formula is C16H21N4O3P. The largest absolute Gasteiger partial charge is 0.393 e. The minimum Gasteiger partial charge on any atom is -0.363 e. The Labute approximate surface area is 140 Å². The maximum Gasteiger partial charge on any atom is 0.393 e. The molecule has 0 aliphatic heterocycles. The van der Waals surface area contributed by atoms with Crippen LogP contribution in [-0.2, 0) is 9.09 Å². The van der Waals surface area contributed by atoms with Gasteiger partial charge in [-0.2, -0.15) is 0 Å². The minimum absolute atomic E-state index is 0.00349. The Balaban J connectivity index is 1.81. The maximum absolute atomic E-state index is 12.3. The molecule has 8 heteroatoms. The van der Waals surface area contributed by atoms with Crippen molar-refractivity contribution in [3.8, 4) is 11.3 Å². The summed E-state index contributed by atoms with van der Waals surface area (Å²) in [5, 5.41) is 2.99. The number of imidazole rings is 1. The fourth-order valence-electron chi connectivity index (χ4n) is 2.24. The fourth-order valence-corrected chi connectivity index (χ4v) is 3.25. The van der Waals surface area contributed by atoms with E-state index in [-0.39, 0.29) is 12.2 Å². The lowest BCUT2D eigenvalue weighted by molar-refractivity contribution is 0.285. The predicted molar refractivity (Wildman–Crippen MR) is 93.3 cm³/mol. The number of hydrogen-bond donors (Lipinski definition) is 3. The molecule has 2 aromatic rings. The van der Waals surface area contributed by atoms with Gasteiger partial charge >= 0.3 is 7.60 Å². The van der Waals surface area contributed by atoms with E-state index in [0.29, 0.717) is 18.2 Å². The molecule has 1 saturated carbocycles. The molecule has 7 nitrogen and oxygen atoms in total. The number of nitrogens with zero attached hydrogens (tertiary/aromatic N) is 2. The van der Waals surface area contributed by atoms with E-state index in [9.17, 15) is 9.46 Å². The number of aliphatic imine (C=N–C) groups is 1. The van der Waals surface area contributed by atoms with Crippen molar-refractivity contribution in [2.75, 3.05) is 13.2 Å². The molecule has 128 valence electrons. The number of amidine groups is 1. The van der Waals surface area contributed by atoms with Crippen molar-refractivity contribution >= 4 is 18.9 Å². The number of H-pyrrole nitrogens is 1. The Morgan fingerprint density at radius 3 is 2.79 bits per heavy atom. The summed E-state index contributed by atoms with van der Waals surface area (Å²) in [5.41, 5.74) is 2.37. The molecule has 1 fully saturated rings. The number of nitrogens with one attached hydrogen (secondary N) is 2. The van der Waals surface area contributed by atoms with Crippen molar-refractivity contribution in [2.45, 2.75) is 19.8 Å². The van der Waals surface area contributed by atoms with Gasteiger partial charge in [0, 0.05) is 18.3 Å². The number of aromatic nitrogens is 2. The number of benzene rings is 1. The van der Waals surface area contributed by atoms with Crippen LogP contribution >= 0.6 is 7.60 Å². The molecular weight excluding hydrogens is 327 g/mol. The number of aromatic amines is 1. The summed E-state index contributed by atoms with van der Waals surface area (Å²) in [4.78, 5) is 21.5. The van der Waals surface area contributed by atoms with Crippen LogP contribution in [0.5, 0.6) is 0 Å². The Hall–Kier alpha value is -1.95. The first-order chi connectivity index (χ1) is 11.6. The maximum atomic E-state index is 12.3. The molecule has 1 heterocycles. The molecule has 1 aliphatic rings. The van der Waals surface area contributed by atoms with Crippen LogP contribution in [0.3, 0.4) is 0 Å². The van der Waals surface area contributed by atoms with E-state index < -0.39 is 7.60 Å². The molecule has 1 aromatic heterocycles. The standard InChI is InChI=1S/C16H21N4O3P/c1-2-23-24(21,22)16(18-9-12-3-4-12)20-14-7-5-13(6-8-14)15-10-17-11-19-15/h5-8,10-12H,2-4,9H2,1H3,(H,17,19)(H,18,20)(H,21,22). The van der Waals surface area contributed by atoms with Crippen molar-refractivity contribution < 1.29 is 14.0 Å². The zero-order valence-corrected chi connectivity index (χ0v) is 14.4. The van der Waals surface area contributed by atoms with Crippen molar-refractivity contribution in [1.29, 1.82) is 0 Å². The van der Waals surface area contributed by atoms with Crippen LogP contribution in [0.2, 0.25) is 0 Å². The van der Waals surface area contributed by atoms with E-state index in [0.717, 1.165) is 24.1 Å². The second-order valence-corrected chi connectivity index (χ2v) is 7.42. The van der Waals surface area contributed by atoms with Crippen molar-refractivity contribution in [1.82, 2.24) is 15.3 Å². The topological polar surface area (TPSA) is 99.6 Å². The Morgan fingerprint density at radius 1 is 1.46 bits per heavy atom. The molecule has 1 aromatic carbocycles. The zero-order chi connectivity index (χ0) is 17.0. The summed E-state index contributed by atoms with van der Waals surface area (Å²) >= 11 is 0. The van der Waals surface area contributed by atoms with Crippen LogP contribution < -0.4 is 5.32 Å². The van der Waals surface area contributed by atoms with Gasteiger partial charge < -0.3 is 19.7 Å². The monoisotopic (exact) mass is 348 g/mol. The van der Waals surface area contributed by atoms with Crippen molar-refractivity contribution in [3.05, 3.63) is 36.8 Å². The molecule has 1 unspecified atom stereocenters. The van der Waals surface area contributed by atoms with Crippen LogP contribution in [-0.4, -0.2) is 33.6 Å². The van der Waals surface area contributed by atoms with Gasteiger partial charge in [-0.3, -0.25) is 4.57 Å². The Morgan fingerprint density at radius 2 is 2.21 bits per heavy atom. The second-order valence-electron chi connectivity index (χ2n) is 5.70. The van der Waals surface area contributed by atoms with Gasteiger partial charge in [-0.05, 0) is 37.8 Å². The lowest BCUT2D eigenvalue weighted by atomic mass is 10.1. The van der Waals surface area contributed by atoms with E-state index in [4.69, 9.17) is 4.52 Å². The highest BCUT2D eigenvalue weighted by Crippen LogP contribution is 2.44. The summed E-state index contributed by atoms with van der Waals surface area (Å²) in [6.45, 7) is 2.47. The Kier molecular flexibility index (Phi) is 5.14. The molecule has 24 heavy (non-hydrogen) atoms. The van der Waals surface area contributed by atoms with Crippen LogP contribution in [0.1, 0.15) is 19.8 Å². The summed E-state index contributed by atoms with van der Waals surface area (Å²) in [5.74, 6) is 0.555. The number of hydrogen-bond acceptors (Lipinski definition) is 4. The lowest BCUT2D eigenvalue weighted by Gasteiger charge is -2.15. The van der Waals surface area contributed by atoms with Gasteiger partial charge in [-0.25, -0.2) is 9.98 Å². The van der Waals surface area contributed by atoms with E-state index >= 15 is 0 Å². The third-order valence-electron chi connectivity index (χ3n) is 3.71. The molecule has 0 spiro atoms. The van der Waals surface area contributed by atoms with E-state index in [1.165, 1.54) is 0 Å². The molecule has 0 amide bonds. The summed E-state index contributed by atoms with van der Waals surface area (Å²) in [6.07, 6.45) is 5.70. The summed E-state index contributed by atoms with van der Waals surface area (Å²) in [6, 6.07) is 7.32. The van der Waals surface area contributed by atoms with Gasteiger partial charge in [-0.15, -0.1) is 0 Å². The number of rotatable bonds is 7. The third-order valence-corrected chi connectivity index (χ3v) is 5.12. The second kappa shape index (κ2) is 7.30. The molecule has 0 bridgehead atoms. The smallest absolute Gasteiger partial charge is 0.363 e. The molecule has 1 atom stereocenters. The first-order valence-electron chi connectivity index (χ1n) is 7.98. The molecule has 1 aliphatic carbocycles. The highest BCUT2D eigenvalue weighted by atomic mass is 31.2. The van der Waals surface area contributed by atoms with Crippen LogP contribution in [0.25, 0.3) is 11.3 Å². The van der Waals surface area contributed by atoms with Gasteiger partial charge in [0.25, 0.3) is 0 Å². The Bertz CT molecular complexity index is 739. The van der Waals surface area contributed by atoms with Gasteiger partial charge in [0.1, 0.15) is 0 Å². The molecule has 0 radical (unpaired) electrons. The summed E-state index contributed by atoms with van der Waals surface area (Å²) < 4.78 is 17.3. The SMILES string of the molecule is CCOP(=O)(O)/C(=N/c1ccc(-c2c[nH]cn2)cc1)NCC1CC1. The molecule has 0 saturated heterocycles. The van der Waals surface area contributed by atoms with Gasteiger partial charge in [0.15, 0.2) is 0 Å². The van der Waals surface area contributed by atoms with Gasteiger partial charge in [-0.1, -0.05) is 12.1 Å². The summed E-state index contributed by atoms with van der Waals surface area (Å²) in [7, 11) is -3.94. The average Bonchev–Trinajstić information content (AvgIpc) is 3.23. The van der Waals surface area contributed by atoms with Crippen molar-refractivity contribution in [3.63, 3.8) is 0 Å². The van der Waals surface area contributed by atoms with Crippen LogP contribution in [0.4, 0.5) is 5.69 Å². The average molecular weight is 348 g/mol. The highest BCUT2D eigenvalue weighted by Gasteiger charge is 2.30. The minimum atomic E-state index is -3.94.